The Labute approximate surface area is 146 Å². The third-order valence-corrected chi connectivity index (χ3v) is 3.93. The number of hydrogen-bond donors (Lipinski definition) is 1. The zero-order valence-electron chi connectivity index (χ0n) is 13.5. The Balaban J connectivity index is 1.75. The molecule has 0 aliphatic carbocycles. The first-order valence-corrected chi connectivity index (χ1v) is 7.71. The van der Waals surface area contributed by atoms with E-state index in [9.17, 15) is 22.8 Å². The van der Waals surface area contributed by atoms with Gasteiger partial charge in [-0.25, -0.2) is 23.1 Å². The molecule has 2 heterocycles. The topological polar surface area (TPSA) is 78.4 Å². The maximum Gasteiger partial charge on any atom is 0.272 e. The highest BCUT2D eigenvalue weighted by Gasteiger charge is 2.23. The number of carbonyl (C=O) groups is 2. The van der Waals surface area contributed by atoms with E-state index in [0.29, 0.717) is 26.2 Å². The van der Waals surface area contributed by atoms with Crippen molar-refractivity contribution >= 4 is 23.8 Å². The van der Waals surface area contributed by atoms with Gasteiger partial charge >= 0.3 is 0 Å². The van der Waals surface area contributed by atoms with Crippen LogP contribution in [0.25, 0.3) is 0 Å². The molecule has 1 N–H and O–H groups in total. The first-order chi connectivity index (χ1) is 12.5. The molecule has 0 saturated carbocycles. The van der Waals surface area contributed by atoms with E-state index in [4.69, 9.17) is 0 Å². The number of benzene rings is 1. The monoisotopic (exact) mass is 365 g/mol. The second kappa shape index (κ2) is 7.38. The van der Waals surface area contributed by atoms with Crippen LogP contribution in [-0.4, -0.2) is 58.3 Å². The SMILES string of the molecule is O=CN1CCN(C(=O)c2cc(Nc3ccc(F)c(F)c3F)ncn2)CC1. The number of amides is 2. The highest BCUT2D eigenvalue weighted by molar-refractivity contribution is 5.93. The molecule has 26 heavy (non-hydrogen) atoms. The lowest BCUT2D eigenvalue weighted by atomic mass is 10.2. The van der Waals surface area contributed by atoms with Gasteiger partial charge < -0.3 is 15.1 Å². The highest BCUT2D eigenvalue weighted by atomic mass is 19.2. The zero-order valence-corrected chi connectivity index (χ0v) is 13.5. The maximum atomic E-state index is 13.7. The van der Waals surface area contributed by atoms with Crippen molar-refractivity contribution in [3.8, 4) is 0 Å². The predicted octanol–water partition coefficient (Wildman–Crippen LogP) is 1.55. The minimum absolute atomic E-state index is 0.0554. The van der Waals surface area contributed by atoms with E-state index in [1.165, 1.54) is 11.0 Å². The molecule has 0 atom stereocenters. The number of halogens is 3. The second-order valence-corrected chi connectivity index (χ2v) is 5.57. The van der Waals surface area contributed by atoms with Crippen molar-refractivity contribution in [1.82, 2.24) is 19.8 Å². The van der Waals surface area contributed by atoms with E-state index in [-0.39, 0.29) is 23.1 Å². The van der Waals surface area contributed by atoms with Crippen molar-refractivity contribution in [2.45, 2.75) is 0 Å². The maximum absolute atomic E-state index is 13.7. The molecule has 136 valence electrons. The van der Waals surface area contributed by atoms with Gasteiger partial charge in [-0.15, -0.1) is 0 Å². The minimum atomic E-state index is -1.60. The summed E-state index contributed by atoms with van der Waals surface area (Å²) in [6.07, 6.45) is 1.83. The van der Waals surface area contributed by atoms with Gasteiger partial charge in [0.15, 0.2) is 17.5 Å². The fraction of sp³-hybridized carbons (Fsp3) is 0.250. The lowest BCUT2D eigenvalue weighted by molar-refractivity contribution is -0.119. The van der Waals surface area contributed by atoms with E-state index >= 15 is 0 Å². The van der Waals surface area contributed by atoms with E-state index in [1.807, 2.05) is 0 Å². The van der Waals surface area contributed by atoms with Crippen molar-refractivity contribution in [2.75, 3.05) is 31.5 Å². The van der Waals surface area contributed by atoms with E-state index in [2.05, 4.69) is 15.3 Å². The summed E-state index contributed by atoms with van der Waals surface area (Å²) in [5.41, 5.74) is -0.259. The first-order valence-electron chi connectivity index (χ1n) is 7.71. The Bertz CT molecular complexity index is 841. The van der Waals surface area contributed by atoms with Crippen LogP contribution >= 0.6 is 0 Å². The molecule has 0 unspecified atom stereocenters. The molecule has 1 saturated heterocycles. The van der Waals surface area contributed by atoms with E-state index < -0.39 is 17.5 Å². The molecule has 2 amide bonds. The van der Waals surface area contributed by atoms with E-state index in [1.54, 1.807) is 4.90 Å². The van der Waals surface area contributed by atoms with Crippen LogP contribution in [0.2, 0.25) is 0 Å². The lowest BCUT2D eigenvalue weighted by Crippen LogP contribution is -2.48. The number of aromatic nitrogens is 2. The Morgan fingerprint density at radius 3 is 2.50 bits per heavy atom. The molecule has 0 radical (unpaired) electrons. The quantitative estimate of drug-likeness (QED) is 0.657. The van der Waals surface area contributed by atoms with Gasteiger partial charge in [-0.3, -0.25) is 9.59 Å². The Morgan fingerprint density at radius 2 is 1.81 bits per heavy atom. The summed E-state index contributed by atoms with van der Waals surface area (Å²) in [6, 6.07) is 3.09. The number of carbonyl (C=O) groups excluding carboxylic acids is 2. The normalized spacial score (nSPS) is 14.3. The number of nitrogens with zero attached hydrogens (tertiary/aromatic N) is 4. The Hall–Kier alpha value is -3.17. The molecule has 2 aromatic rings. The van der Waals surface area contributed by atoms with Gasteiger partial charge in [-0.2, -0.15) is 0 Å². The van der Waals surface area contributed by atoms with Crippen LogP contribution < -0.4 is 5.32 Å². The summed E-state index contributed by atoms with van der Waals surface area (Å²) in [7, 11) is 0. The molecular formula is C16H14F3N5O2. The third-order valence-electron chi connectivity index (χ3n) is 3.93. The molecule has 10 heteroatoms. The summed E-state index contributed by atoms with van der Waals surface area (Å²) < 4.78 is 40.0. The number of piperazine rings is 1. The summed E-state index contributed by atoms with van der Waals surface area (Å²) in [4.78, 5) is 34.0. The van der Waals surface area contributed by atoms with Crippen LogP contribution in [0.4, 0.5) is 24.7 Å². The van der Waals surface area contributed by atoms with Gasteiger partial charge in [0.05, 0.1) is 5.69 Å². The van der Waals surface area contributed by atoms with Crippen LogP contribution in [0.3, 0.4) is 0 Å². The van der Waals surface area contributed by atoms with Crippen molar-refractivity contribution in [1.29, 1.82) is 0 Å². The van der Waals surface area contributed by atoms with Gasteiger partial charge in [0, 0.05) is 32.2 Å². The number of anilines is 2. The molecule has 7 nitrogen and oxygen atoms in total. The number of hydrogen-bond acceptors (Lipinski definition) is 5. The third kappa shape index (κ3) is 3.58. The molecule has 1 aromatic carbocycles. The summed E-state index contributed by atoms with van der Waals surface area (Å²) >= 11 is 0. The Morgan fingerprint density at radius 1 is 1.08 bits per heavy atom. The van der Waals surface area contributed by atoms with Gasteiger partial charge in [-0.05, 0) is 12.1 Å². The number of rotatable bonds is 4. The zero-order chi connectivity index (χ0) is 18.7. The highest BCUT2D eigenvalue weighted by Crippen LogP contribution is 2.23. The van der Waals surface area contributed by atoms with Crippen LogP contribution in [0.1, 0.15) is 10.5 Å². The van der Waals surface area contributed by atoms with E-state index in [0.717, 1.165) is 24.9 Å². The van der Waals surface area contributed by atoms with Crippen LogP contribution in [0, 0.1) is 17.5 Å². The molecule has 1 aromatic heterocycles. The fourth-order valence-electron chi connectivity index (χ4n) is 2.50. The van der Waals surface area contributed by atoms with Crippen LogP contribution in [-0.2, 0) is 4.79 Å². The summed E-state index contributed by atoms with van der Waals surface area (Å²) in [5.74, 6) is -4.61. The van der Waals surface area contributed by atoms with Crippen molar-refractivity contribution in [3.05, 3.63) is 47.7 Å². The minimum Gasteiger partial charge on any atom is -0.342 e. The summed E-state index contributed by atoms with van der Waals surface area (Å²) in [5, 5.41) is 2.50. The standard InChI is InChI=1S/C16H14F3N5O2/c17-10-1-2-11(15(19)14(10)18)22-13-7-12(20-8-21-13)16(26)24-5-3-23(9-25)4-6-24/h1-2,7-9H,3-6H2,(H,20,21,22). The molecular weight excluding hydrogens is 351 g/mol. The van der Waals surface area contributed by atoms with Gasteiger partial charge in [0.2, 0.25) is 6.41 Å². The van der Waals surface area contributed by atoms with Crippen LogP contribution in [0.5, 0.6) is 0 Å². The van der Waals surface area contributed by atoms with Gasteiger partial charge in [0.25, 0.3) is 5.91 Å². The molecule has 1 aliphatic rings. The Kier molecular flexibility index (Phi) is 5.01. The average Bonchev–Trinajstić information content (AvgIpc) is 2.68. The van der Waals surface area contributed by atoms with Crippen molar-refractivity contribution in [3.63, 3.8) is 0 Å². The van der Waals surface area contributed by atoms with Crippen molar-refractivity contribution in [2.24, 2.45) is 0 Å². The second-order valence-electron chi connectivity index (χ2n) is 5.57. The largest absolute Gasteiger partial charge is 0.342 e. The van der Waals surface area contributed by atoms with Gasteiger partial charge in [0.1, 0.15) is 17.8 Å². The first kappa shape index (κ1) is 17.6. The molecule has 3 rings (SSSR count). The molecule has 1 aliphatic heterocycles. The predicted molar refractivity (Wildman–Crippen MR) is 85.2 cm³/mol. The molecule has 0 spiro atoms. The van der Waals surface area contributed by atoms with Gasteiger partial charge in [-0.1, -0.05) is 0 Å². The molecule has 0 bridgehead atoms. The smallest absolute Gasteiger partial charge is 0.272 e. The number of nitrogens with one attached hydrogen (secondary N) is 1. The fourth-order valence-corrected chi connectivity index (χ4v) is 2.50. The average molecular weight is 365 g/mol. The lowest BCUT2D eigenvalue weighted by Gasteiger charge is -2.32. The molecule has 1 fully saturated rings. The summed E-state index contributed by atoms with van der Waals surface area (Å²) in [6.45, 7) is 1.57. The van der Waals surface area contributed by atoms with Crippen LogP contribution in [0.15, 0.2) is 24.5 Å². The van der Waals surface area contributed by atoms with Crippen molar-refractivity contribution < 1.29 is 22.8 Å².